The summed E-state index contributed by atoms with van der Waals surface area (Å²) in [6.45, 7) is 5.95. The highest BCUT2D eigenvalue weighted by Crippen LogP contribution is 2.11. The van der Waals surface area contributed by atoms with Gasteiger partial charge in [0.25, 0.3) is 5.91 Å². The summed E-state index contributed by atoms with van der Waals surface area (Å²) in [5.41, 5.74) is 0. The predicted octanol–water partition coefficient (Wildman–Crippen LogP) is 1.28. The fourth-order valence-electron chi connectivity index (χ4n) is 1.89. The second-order valence-corrected chi connectivity index (χ2v) is 5.28. The molecule has 0 atom stereocenters. The molecule has 1 aromatic rings. The Kier molecular flexibility index (Phi) is 3.90. The monoisotopic (exact) mass is 239 g/mol. The number of rotatable bonds is 4. The van der Waals surface area contributed by atoms with Crippen LogP contribution in [-0.4, -0.2) is 42.0 Å². The Labute approximate surface area is 99.7 Å². The highest BCUT2D eigenvalue weighted by molar-refractivity contribution is 7.13. The number of amides is 1. The van der Waals surface area contributed by atoms with Crippen molar-refractivity contribution in [2.75, 3.05) is 26.2 Å². The molecule has 1 N–H and O–H groups in total. The van der Waals surface area contributed by atoms with E-state index < -0.39 is 0 Å². The maximum Gasteiger partial charge on any atom is 0.263 e. The van der Waals surface area contributed by atoms with E-state index in [9.17, 15) is 4.79 Å². The first kappa shape index (κ1) is 11.5. The SMILES string of the molecule is Cc1ncc(C(=O)NCCN2CCCC2)s1. The Morgan fingerprint density at radius 1 is 1.56 bits per heavy atom. The van der Waals surface area contributed by atoms with E-state index in [0.29, 0.717) is 4.88 Å². The van der Waals surface area contributed by atoms with Gasteiger partial charge in [-0.3, -0.25) is 4.79 Å². The predicted molar refractivity (Wildman–Crippen MR) is 64.9 cm³/mol. The van der Waals surface area contributed by atoms with Crippen LogP contribution in [0.3, 0.4) is 0 Å². The summed E-state index contributed by atoms with van der Waals surface area (Å²) in [5, 5.41) is 3.86. The molecule has 0 aliphatic carbocycles. The van der Waals surface area contributed by atoms with Crippen molar-refractivity contribution in [3.63, 3.8) is 0 Å². The molecule has 1 fully saturated rings. The van der Waals surface area contributed by atoms with Crippen LogP contribution in [-0.2, 0) is 0 Å². The summed E-state index contributed by atoms with van der Waals surface area (Å²) in [6.07, 6.45) is 4.23. The lowest BCUT2D eigenvalue weighted by Gasteiger charge is -2.14. The van der Waals surface area contributed by atoms with Gasteiger partial charge in [0.05, 0.1) is 11.2 Å². The fourth-order valence-corrected chi connectivity index (χ4v) is 2.58. The van der Waals surface area contributed by atoms with Gasteiger partial charge in [0.1, 0.15) is 4.88 Å². The van der Waals surface area contributed by atoms with Gasteiger partial charge in [-0.2, -0.15) is 0 Å². The molecule has 0 saturated carbocycles. The molecule has 16 heavy (non-hydrogen) atoms. The summed E-state index contributed by atoms with van der Waals surface area (Å²) in [5.74, 6) is 0.00444. The zero-order valence-electron chi connectivity index (χ0n) is 9.53. The molecule has 0 bridgehead atoms. The first-order chi connectivity index (χ1) is 7.75. The van der Waals surface area contributed by atoms with Crippen molar-refractivity contribution >= 4 is 17.2 Å². The standard InChI is InChI=1S/C11H17N3OS/c1-9-13-8-10(16-9)11(15)12-4-7-14-5-2-3-6-14/h8H,2-7H2,1H3,(H,12,15). The van der Waals surface area contributed by atoms with E-state index >= 15 is 0 Å². The van der Waals surface area contributed by atoms with Gasteiger partial charge in [-0.15, -0.1) is 11.3 Å². The molecule has 88 valence electrons. The van der Waals surface area contributed by atoms with Crippen molar-refractivity contribution in [1.29, 1.82) is 0 Å². The molecule has 4 nitrogen and oxygen atoms in total. The molecule has 1 amide bonds. The van der Waals surface area contributed by atoms with Crippen molar-refractivity contribution in [3.05, 3.63) is 16.1 Å². The van der Waals surface area contributed by atoms with Crippen LogP contribution in [0.15, 0.2) is 6.20 Å². The number of thiazole rings is 1. The normalized spacial score (nSPS) is 16.6. The molecule has 0 radical (unpaired) electrons. The molecule has 0 unspecified atom stereocenters. The van der Waals surface area contributed by atoms with Crippen LogP contribution in [0.4, 0.5) is 0 Å². The van der Waals surface area contributed by atoms with Crippen LogP contribution in [0.1, 0.15) is 27.5 Å². The minimum Gasteiger partial charge on any atom is -0.350 e. The lowest BCUT2D eigenvalue weighted by atomic mass is 10.4. The second-order valence-electron chi connectivity index (χ2n) is 4.05. The average molecular weight is 239 g/mol. The summed E-state index contributed by atoms with van der Waals surface area (Å²) in [6, 6.07) is 0. The van der Waals surface area contributed by atoms with E-state index in [0.717, 1.165) is 18.1 Å². The Bertz CT molecular complexity index is 358. The molecule has 0 aromatic carbocycles. The smallest absolute Gasteiger partial charge is 0.263 e. The van der Waals surface area contributed by atoms with Crippen LogP contribution in [0.2, 0.25) is 0 Å². The van der Waals surface area contributed by atoms with Gasteiger partial charge in [-0.25, -0.2) is 4.98 Å². The van der Waals surface area contributed by atoms with Crippen molar-refractivity contribution in [2.24, 2.45) is 0 Å². The third kappa shape index (κ3) is 3.02. The molecular weight excluding hydrogens is 222 g/mol. The Morgan fingerprint density at radius 3 is 2.94 bits per heavy atom. The highest BCUT2D eigenvalue weighted by Gasteiger charge is 2.12. The maximum atomic E-state index is 11.7. The number of likely N-dealkylation sites (tertiary alicyclic amines) is 1. The van der Waals surface area contributed by atoms with Gasteiger partial charge in [0.15, 0.2) is 0 Å². The zero-order chi connectivity index (χ0) is 11.4. The minimum atomic E-state index is 0.00444. The van der Waals surface area contributed by atoms with Gasteiger partial charge in [-0.1, -0.05) is 0 Å². The van der Waals surface area contributed by atoms with Gasteiger partial charge >= 0.3 is 0 Å². The summed E-state index contributed by atoms with van der Waals surface area (Å²) >= 11 is 1.44. The second kappa shape index (κ2) is 5.41. The number of aromatic nitrogens is 1. The molecule has 2 rings (SSSR count). The van der Waals surface area contributed by atoms with Gasteiger partial charge in [0, 0.05) is 13.1 Å². The van der Waals surface area contributed by atoms with Crippen molar-refractivity contribution in [3.8, 4) is 0 Å². The third-order valence-electron chi connectivity index (χ3n) is 2.76. The van der Waals surface area contributed by atoms with E-state index in [1.165, 1.54) is 37.3 Å². The zero-order valence-corrected chi connectivity index (χ0v) is 10.3. The molecule has 5 heteroatoms. The third-order valence-corrected chi connectivity index (χ3v) is 3.67. The number of hydrogen-bond donors (Lipinski definition) is 1. The van der Waals surface area contributed by atoms with Crippen LogP contribution in [0.5, 0.6) is 0 Å². The van der Waals surface area contributed by atoms with Gasteiger partial charge < -0.3 is 10.2 Å². The van der Waals surface area contributed by atoms with Crippen LogP contribution < -0.4 is 5.32 Å². The Hall–Kier alpha value is -0.940. The maximum absolute atomic E-state index is 11.7. The van der Waals surface area contributed by atoms with Crippen molar-refractivity contribution in [2.45, 2.75) is 19.8 Å². The topological polar surface area (TPSA) is 45.2 Å². The van der Waals surface area contributed by atoms with Crippen molar-refractivity contribution < 1.29 is 4.79 Å². The van der Waals surface area contributed by atoms with Crippen LogP contribution in [0.25, 0.3) is 0 Å². The first-order valence-electron chi connectivity index (χ1n) is 5.69. The summed E-state index contributed by atoms with van der Waals surface area (Å²) in [7, 11) is 0. The number of hydrogen-bond acceptors (Lipinski definition) is 4. The number of carbonyl (C=O) groups is 1. The fraction of sp³-hybridized carbons (Fsp3) is 0.636. The molecule has 0 spiro atoms. The van der Waals surface area contributed by atoms with Crippen LogP contribution in [0, 0.1) is 6.92 Å². The largest absolute Gasteiger partial charge is 0.350 e. The van der Waals surface area contributed by atoms with Crippen LogP contribution >= 0.6 is 11.3 Å². The lowest BCUT2D eigenvalue weighted by Crippen LogP contribution is -2.33. The molecule has 2 heterocycles. The molecule has 1 aliphatic heterocycles. The lowest BCUT2D eigenvalue weighted by molar-refractivity contribution is 0.0953. The Morgan fingerprint density at radius 2 is 2.31 bits per heavy atom. The molecule has 1 aliphatic rings. The minimum absolute atomic E-state index is 0.00444. The van der Waals surface area contributed by atoms with E-state index in [1.54, 1.807) is 6.20 Å². The number of nitrogens with zero attached hydrogens (tertiary/aromatic N) is 2. The Balaban J connectivity index is 1.71. The quantitative estimate of drug-likeness (QED) is 0.861. The van der Waals surface area contributed by atoms with Gasteiger partial charge in [0.2, 0.25) is 0 Å². The number of nitrogens with one attached hydrogen (secondary N) is 1. The van der Waals surface area contributed by atoms with E-state index in [-0.39, 0.29) is 5.91 Å². The van der Waals surface area contributed by atoms with Crippen molar-refractivity contribution in [1.82, 2.24) is 15.2 Å². The summed E-state index contributed by atoms with van der Waals surface area (Å²) < 4.78 is 0. The molecule has 1 aromatic heterocycles. The average Bonchev–Trinajstić information content (AvgIpc) is 2.89. The molecular formula is C11H17N3OS. The number of aryl methyl sites for hydroxylation is 1. The van der Waals surface area contributed by atoms with E-state index in [4.69, 9.17) is 0 Å². The first-order valence-corrected chi connectivity index (χ1v) is 6.50. The van der Waals surface area contributed by atoms with E-state index in [2.05, 4.69) is 15.2 Å². The van der Waals surface area contributed by atoms with Gasteiger partial charge in [-0.05, 0) is 32.9 Å². The van der Waals surface area contributed by atoms with E-state index in [1.807, 2.05) is 6.92 Å². The number of carbonyl (C=O) groups excluding carboxylic acids is 1. The highest BCUT2D eigenvalue weighted by atomic mass is 32.1. The molecule has 1 saturated heterocycles. The summed E-state index contributed by atoms with van der Waals surface area (Å²) in [4.78, 5) is 18.8.